The molecule has 2 rings (SSSR count). The van der Waals surface area contributed by atoms with Crippen LogP contribution in [0.25, 0.3) is 0 Å². The maximum absolute atomic E-state index is 11.6. The van der Waals surface area contributed by atoms with E-state index in [0.29, 0.717) is 5.56 Å². The summed E-state index contributed by atoms with van der Waals surface area (Å²) >= 11 is 6.11. The first-order valence-corrected chi connectivity index (χ1v) is 7.80. The lowest BCUT2D eigenvalue weighted by Crippen LogP contribution is -2.29. The van der Waals surface area contributed by atoms with Crippen molar-refractivity contribution < 1.29 is 14.8 Å². The smallest absolute Gasteiger partial charge is 0.412 e. The van der Waals surface area contributed by atoms with Crippen LogP contribution < -0.4 is 4.90 Å². The van der Waals surface area contributed by atoms with Crippen molar-refractivity contribution in [2.75, 3.05) is 4.90 Å². The number of halogens is 2. The first-order valence-electron chi connectivity index (χ1n) is 6.22. The molecule has 120 valence electrons. The number of amides is 1. The summed E-state index contributed by atoms with van der Waals surface area (Å²) in [5, 5.41) is 20.7. The summed E-state index contributed by atoms with van der Waals surface area (Å²) in [6.45, 7) is 1.73. The molecule has 10 heteroatoms. The molecule has 8 nitrogen and oxygen atoms in total. The fraction of sp³-hybridized carbons (Fsp3) is 0.154. The van der Waals surface area contributed by atoms with Gasteiger partial charge in [0.25, 0.3) is 0 Å². The highest BCUT2D eigenvalue weighted by molar-refractivity contribution is 9.11. The SMILES string of the molecule is Cc1ccc(CN(C(=O)O)c2cc(Br)nc(Br)c2[N+](=O)[O-])cn1. The fourth-order valence-corrected chi connectivity index (χ4v) is 3.04. The zero-order valence-electron chi connectivity index (χ0n) is 11.7. The van der Waals surface area contributed by atoms with Gasteiger partial charge in [0, 0.05) is 18.0 Å². The van der Waals surface area contributed by atoms with E-state index in [1.807, 2.05) is 0 Å². The standard InChI is InChI=1S/C13H10Br2N4O4/c1-7-2-3-8(5-16-7)6-18(13(20)21)9-4-10(14)17-12(15)11(9)19(22)23/h2-5H,6H2,1H3,(H,20,21). The predicted octanol–water partition coefficient (Wildman–Crippen LogP) is 3.90. The molecule has 2 aromatic heterocycles. The van der Waals surface area contributed by atoms with Crippen LogP contribution in [0.1, 0.15) is 11.3 Å². The van der Waals surface area contributed by atoms with Crippen molar-refractivity contribution in [3.63, 3.8) is 0 Å². The van der Waals surface area contributed by atoms with Gasteiger partial charge in [-0.1, -0.05) is 6.07 Å². The van der Waals surface area contributed by atoms with Crippen molar-refractivity contribution in [3.05, 3.63) is 55.0 Å². The van der Waals surface area contributed by atoms with Crippen molar-refractivity contribution in [1.29, 1.82) is 0 Å². The third kappa shape index (κ3) is 4.02. The molecule has 0 spiro atoms. The lowest BCUT2D eigenvalue weighted by Gasteiger charge is -2.19. The Labute approximate surface area is 147 Å². The zero-order valence-corrected chi connectivity index (χ0v) is 14.9. The number of aromatic nitrogens is 2. The average Bonchev–Trinajstić information content (AvgIpc) is 2.44. The van der Waals surface area contributed by atoms with Crippen LogP contribution in [-0.2, 0) is 6.54 Å². The summed E-state index contributed by atoms with van der Waals surface area (Å²) in [5.74, 6) is 0. The molecule has 23 heavy (non-hydrogen) atoms. The van der Waals surface area contributed by atoms with Gasteiger partial charge in [0.2, 0.25) is 0 Å². The molecule has 0 unspecified atom stereocenters. The molecular weight excluding hydrogens is 436 g/mol. The maximum Gasteiger partial charge on any atom is 0.412 e. The van der Waals surface area contributed by atoms with Gasteiger partial charge in [-0.2, -0.15) is 0 Å². The van der Waals surface area contributed by atoms with Gasteiger partial charge >= 0.3 is 11.8 Å². The summed E-state index contributed by atoms with van der Waals surface area (Å²) in [6, 6.07) is 4.75. The van der Waals surface area contributed by atoms with E-state index in [-0.39, 0.29) is 21.4 Å². The Kier molecular flexibility index (Phi) is 5.26. The Morgan fingerprint density at radius 3 is 2.65 bits per heavy atom. The zero-order chi connectivity index (χ0) is 17.1. The number of nitrogens with zero attached hydrogens (tertiary/aromatic N) is 4. The lowest BCUT2D eigenvalue weighted by atomic mass is 10.2. The number of pyridine rings is 2. The molecule has 0 aromatic carbocycles. The Hall–Kier alpha value is -2.07. The molecule has 0 saturated carbocycles. The first-order chi connectivity index (χ1) is 10.8. The predicted molar refractivity (Wildman–Crippen MR) is 89.5 cm³/mol. The van der Waals surface area contributed by atoms with Crippen molar-refractivity contribution in [2.45, 2.75) is 13.5 Å². The van der Waals surface area contributed by atoms with Gasteiger partial charge in [-0.25, -0.2) is 9.78 Å². The van der Waals surface area contributed by atoms with E-state index in [1.54, 1.807) is 19.1 Å². The van der Waals surface area contributed by atoms with Crippen LogP contribution in [0.2, 0.25) is 0 Å². The normalized spacial score (nSPS) is 10.4. The van der Waals surface area contributed by atoms with E-state index in [9.17, 15) is 20.0 Å². The van der Waals surface area contributed by atoms with Crippen molar-refractivity contribution in [1.82, 2.24) is 9.97 Å². The summed E-state index contributed by atoms with van der Waals surface area (Å²) in [6.07, 6.45) is 0.209. The molecule has 0 aliphatic carbocycles. The number of hydrogen-bond donors (Lipinski definition) is 1. The molecule has 2 aromatic rings. The summed E-state index contributed by atoms with van der Waals surface area (Å²) < 4.78 is 0.221. The third-order valence-corrected chi connectivity index (χ3v) is 3.88. The Morgan fingerprint density at radius 1 is 1.43 bits per heavy atom. The minimum absolute atomic E-state index is 0.0554. The molecule has 0 radical (unpaired) electrons. The highest BCUT2D eigenvalue weighted by atomic mass is 79.9. The van der Waals surface area contributed by atoms with E-state index in [4.69, 9.17) is 0 Å². The first kappa shape index (κ1) is 17.3. The number of carbonyl (C=O) groups is 1. The lowest BCUT2D eigenvalue weighted by molar-refractivity contribution is -0.385. The van der Waals surface area contributed by atoms with Crippen LogP contribution in [0.4, 0.5) is 16.2 Å². The number of hydrogen-bond acceptors (Lipinski definition) is 5. The number of nitro groups is 1. The molecule has 0 bridgehead atoms. The molecule has 0 aliphatic rings. The van der Waals surface area contributed by atoms with Crippen LogP contribution in [0, 0.1) is 17.0 Å². The molecule has 1 amide bonds. The van der Waals surface area contributed by atoms with Crippen molar-refractivity contribution in [2.24, 2.45) is 0 Å². The average molecular weight is 446 g/mol. The molecule has 1 N–H and O–H groups in total. The number of aryl methyl sites for hydroxylation is 1. The summed E-state index contributed by atoms with van der Waals surface area (Å²) in [4.78, 5) is 31.0. The van der Waals surface area contributed by atoms with Gasteiger partial charge in [-0.3, -0.25) is 20.0 Å². The van der Waals surface area contributed by atoms with E-state index in [1.165, 1.54) is 12.3 Å². The fourth-order valence-electron chi connectivity index (χ4n) is 1.87. The third-order valence-electron chi connectivity index (χ3n) is 2.92. The highest BCUT2D eigenvalue weighted by Gasteiger charge is 2.28. The van der Waals surface area contributed by atoms with Crippen LogP contribution in [0.15, 0.2) is 33.6 Å². The molecule has 0 aliphatic heterocycles. The van der Waals surface area contributed by atoms with Crippen molar-refractivity contribution >= 4 is 49.3 Å². The van der Waals surface area contributed by atoms with Gasteiger partial charge in [0.15, 0.2) is 4.60 Å². The largest absolute Gasteiger partial charge is 0.465 e. The maximum atomic E-state index is 11.6. The number of anilines is 1. The molecule has 0 saturated heterocycles. The second-order valence-corrected chi connectivity index (χ2v) is 6.10. The van der Waals surface area contributed by atoms with Crippen LogP contribution in [-0.4, -0.2) is 26.1 Å². The minimum Gasteiger partial charge on any atom is -0.465 e. The quantitative estimate of drug-likeness (QED) is 0.434. The topological polar surface area (TPSA) is 109 Å². The van der Waals surface area contributed by atoms with Gasteiger partial charge in [-0.05, 0) is 50.4 Å². The Morgan fingerprint density at radius 2 is 2.13 bits per heavy atom. The monoisotopic (exact) mass is 444 g/mol. The van der Waals surface area contributed by atoms with E-state index >= 15 is 0 Å². The van der Waals surface area contributed by atoms with Crippen LogP contribution in [0.3, 0.4) is 0 Å². The van der Waals surface area contributed by atoms with Gasteiger partial charge in [-0.15, -0.1) is 0 Å². The van der Waals surface area contributed by atoms with Crippen molar-refractivity contribution in [3.8, 4) is 0 Å². The van der Waals surface area contributed by atoms with Gasteiger partial charge in [0.1, 0.15) is 10.3 Å². The second-order valence-electron chi connectivity index (χ2n) is 4.54. The molecular formula is C13H10Br2N4O4. The Balaban J connectivity index is 2.51. The van der Waals surface area contributed by atoms with Gasteiger partial charge < -0.3 is 5.11 Å². The van der Waals surface area contributed by atoms with Crippen LogP contribution >= 0.6 is 31.9 Å². The van der Waals surface area contributed by atoms with E-state index in [0.717, 1.165) is 10.6 Å². The van der Waals surface area contributed by atoms with E-state index in [2.05, 4.69) is 41.8 Å². The molecule has 0 fully saturated rings. The minimum atomic E-state index is -1.32. The molecule has 2 heterocycles. The number of rotatable bonds is 4. The Bertz CT molecular complexity index is 767. The van der Waals surface area contributed by atoms with E-state index < -0.39 is 16.7 Å². The number of carboxylic acid groups (broad SMARTS) is 1. The van der Waals surface area contributed by atoms with Gasteiger partial charge in [0.05, 0.1) is 11.5 Å². The summed E-state index contributed by atoms with van der Waals surface area (Å²) in [5.41, 5.74) is 0.889. The molecule has 0 atom stereocenters. The summed E-state index contributed by atoms with van der Waals surface area (Å²) in [7, 11) is 0. The second kappa shape index (κ2) is 7.01. The van der Waals surface area contributed by atoms with Crippen LogP contribution in [0.5, 0.6) is 0 Å². The highest BCUT2D eigenvalue weighted by Crippen LogP contribution is 2.37.